The molecule has 1 aliphatic rings. The SMILES string of the molecule is O=C(CN1CCN(c2ncccn2)CC1)Nc1ccccc1Sc1ccccc1. The zero-order valence-corrected chi connectivity index (χ0v) is 16.9. The van der Waals surface area contributed by atoms with Crippen LogP contribution in [0.1, 0.15) is 0 Å². The number of rotatable bonds is 6. The zero-order valence-electron chi connectivity index (χ0n) is 16.1. The van der Waals surface area contributed by atoms with Crippen molar-refractivity contribution in [2.45, 2.75) is 9.79 Å². The summed E-state index contributed by atoms with van der Waals surface area (Å²) in [5, 5.41) is 3.08. The molecule has 0 saturated carbocycles. The lowest BCUT2D eigenvalue weighted by Gasteiger charge is -2.34. The molecular formula is C22H23N5OS. The molecule has 0 aliphatic carbocycles. The molecular weight excluding hydrogens is 382 g/mol. The highest BCUT2D eigenvalue weighted by atomic mass is 32.2. The van der Waals surface area contributed by atoms with Crippen LogP contribution in [0.2, 0.25) is 0 Å². The van der Waals surface area contributed by atoms with E-state index >= 15 is 0 Å². The van der Waals surface area contributed by atoms with Gasteiger partial charge in [0.05, 0.1) is 12.2 Å². The summed E-state index contributed by atoms with van der Waals surface area (Å²) in [7, 11) is 0. The lowest BCUT2D eigenvalue weighted by Crippen LogP contribution is -2.49. The number of benzene rings is 2. The highest BCUT2D eigenvalue weighted by molar-refractivity contribution is 7.99. The Kier molecular flexibility index (Phi) is 6.38. The average Bonchev–Trinajstić information content (AvgIpc) is 2.77. The van der Waals surface area contributed by atoms with Crippen molar-refractivity contribution < 1.29 is 4.79 Å². The number of hydrogen-bond acceptors (Lipinski definition) is 6. The predicted molar refractivity (Wildman–Crippen MR) is 116 cm³/mol. The average molecular weight is 406 g/mol. The van der Waals surface area contributed by atoms with E-state index in [4.69, 9.17) is 0 Å². The minimum Gasteiger partial charge on any atom is -0.338 e. The molecule has 0 spiro atoms. The molecule has 1 aromatic heterocycles. The van der Waals surface area contributed by atoms with Crippen molar-refractivity contribution in [3.8, 4) is 0 Å². The Balaban J connectivity index is 1.31. The standard InChI is InChI=1S/C22H23N5OS/c28-21(17-26-13-15-27(16-14-26)22-23-11-6-12-24-22)25-19-9-4-5-10-20(19)29-18-7-2-1-3-8-18/h1-12H,13-17H2,(H,25,28). The molecule has 29 heavy (non-hydrogen) atoms. The number of nitrogens with zero attached hydrogens (tertiary/aromatic N) is 4. The van der Waals surface area contributed by atoms with Gasteiger partial charge in [-0.25, -0.2) is 9.97 Å². The van der Waals surface area contributed by atoms with Crippen LogP contribution in [0.3, 0.4) is 0 Å². The van der Waals surface area contributed by atoms with Crippen LogP contribution in [-0.4, -0.2) is 53.5 Å². The minimum absolute atomic E-state index is 0.00974. The summed E-state index contributed by atoms with van der Waals surface area (Å²) in [4.78, 5) is 27.8. The Labute approximate surface area is 175 Å². The molecule has 4 rings (SSSR count). The second kappa shape index (κ2) is 9.54. The van der Waals surface area contributed by atoms with Crippen LogP contribution in [0.25, 0.3) is 0 Å². The molecule has 1 aliphatic heterocycles. The molecule has 2 heterocycles. The molecule has 7 heteroatoms. The fraction of sp³-hybridized carbons (Fsp3) is 0.227. The second-order valence-corrected chi connectivity index (χ2v) is 7.89. The Morgan fingerprint density at radius 2 is 1.59 bits per heavy atom. The van der Waals surface area contributed by atoms with Crippen molar-refractivity contribution >= 4 is 29.3 Å². The molecule has 0 unspecified atom stereocenters. The topological polar surface area (TPSA) is 61.4 Å². The van der Waals surface area contributed by atoms with Crippen LogP contribution in [0.4, 0.5) is 11.6 Å². The first-order valence-corrected chi connectivity index (χ1v) is 10.5. The normalized spacial score (nSPS) is 14.6. The molecule has 1 fully saturated rings. The van der Waals surface area contributed by atoms with Gasteiger partial charge in [0, 0.05) is 48.4 Å². The van der Waals surface area contributed by atoms with Gasteiger partial charge in [0.2, 0.25) is 11.9 Å². The van der Waals surface area contributed by atoms with Crippen molar-refractivity contribution in [2.24, 2.45) is 0 Å². The van der Waals surface area contributed by atoms with Crippen LogP contribution in [-0.2, 0) is 4.79 Å². The summed E-state index contributed by atoms with van der Waals surface area (Å²) in [5.74, 6) is 0.763. The van der Waals surface area contributed by atoms with Crippen molar-refractivity contribution in [2.75, 3.05) is 42.9 Å². The zero-order chi connectivity index (χ0) is 19.9. The number of carbonyl (C=O) groups excluding carboxylic acids is 1. The van der Waals surface area contributed by atoms with E-state index in [1.54, 1.807) is 24.2 Å². The van der Waals surface area contributed by atoms with E-state index in [1.165, 1.54) is 0 Å². The van der Waals surface area contributed by atoms with Gasteiger partial charge in [-0.2, -0.15) is 0 Å². The summed E-state index contributed by atoms with van der Waals surface area (Å²) in [5.41, 5.74) is 0.850. The Morgan fingerprint density at radius 3 is 2.34 bits per heavy atom. The van der Waals surface area contributed by atoms with Crippen LogP contribution < -0.4 is 10.2 Å². The van der Waals surface area contributed by atoms with Crippen molar-refractivity contribution in [1.29, 1.82) is 0 Å². The lowest BCUT2D eigenvalue weighted by atomic mass is 10.3. The second-order valence-electron chi connectivity index (χ2n) is 6.77. The van der Waals surface area contributed by atoms with Crippen LogP contribution in [0, 0.1) is 0 Å². The lowest BCUT2D eigenvalue weighted by molar-refractivity contribution is -0.117. The number of piperazine rings is 1. The van der Waals surface area contributed by atoms with E-state index in [1.807, 2.05) is 48.5 Å². The highest BCUT2D eigenvalue weighted by Crippen LogP contribution is 2.33. The van der Waals surface area contributed by atoms with Gasteiger partial charge in [-0.15, -0.1) is 0 Å². The first-order valence-electron chi connectivity index (χ1n) is 9.64. The summed E-state index contributed by atoms with van der Waals surface area (Å²) >= 11 is 1.65. The van der Waals surface area contributed by atoms with E-state index in [-0.39, 0.29) is 5.91 Å². The monoisotopic (exact) mass is 405 g/mol. The number of nitrogens with one attached hydrogen (secondary N) is 1. The molecule has 1 saturated heterocycles. The van der Waals surface area contributed by atoms with Gasteiger partial charge in [-0.1, -0.05) is 42.1 Å². The van der Waals surface area contributed by atoms with E-state index in [2.05, 4.69) is 37.2 Å². The van der Waals surface area contributed by atoms with Gasteiger partial charge in [0.1, 0.15) is 0 Å². The molecule has 0 atom stereocenters. The minimum atomic E-state index is 0.00974. The smallest absolute Gasteiger partial charge is 0.238 e. The molecule has 0 radical (unpaired) electrons. The van der Waals surface area contributed by atoms with Crippen LogP contribution in [0.15, 0.2) is 82.8 Å². The largest absolute Gasteiger partial charge is 0.338 e. The van der Waals surface area contributed by atoms with Crippen molar-refractivity contribution in [1.82, 2.24) is 14.9 Å². The van der Waals surface area contributed by atoms with Gasteiger partial charge >= 0.3 is 0 Å². The van der Waals surface area contributed by atoms with E-state index in [0.29, 0.717) is 6.54 Å². The van der Waals surface area contributed by atoms with Gasteiger partial charge in [0.15, 0.2) is 0 Å². The van der Waals surface area contributed by atoms with Crippen LogP contribution >= 0.6 is 11.8 Å². The summed E-state index contributed by atoms with van der Waals surface area (Å²) in [6.45, 7) is 3.64. The van der Waals surface area contributed by atoms with Gasteiger partial charge in [0.25, 0.3) is 0 Å². The number of carbonyl (C=O) groups is 1. The highest BCUT2D eigenvalue weighted by Gasteiger charge is 2.20. The van der Waals surface area contributed by atoms with E-state index < -0.39 is 0 Å². The Hall–Kier alpha value is -2.90. The number of para-hydroxylation sites is 1. The molecule has 148 valence electrons. The Bertz CT molecular complexity index is 930. The fourth-order valence-electron chi connectivity index (χ4n) is 3.23. The fourth-order valence-corrected chi connectivity index (χ4v) is 4.15. The maximum atomic E-state index is 12.6. The molecule has 2 aromatic carbocycles. The number of hydrogen-bond donors (Lipinski definition) is 1. The third-order valence-electron chi connectivity index (χ3n) is 4.71. The van der Waals surface area contributed by atoms with Gasteiger partial charge in [-0.3, -0.25) is 9.69 Å². The maximum Gasteiger partial charge on any atom is 0.238 e. The molecule has 6 nitrogen and oxygen atoms in total. The number of anilines is 2. The quantitative estimate of drug-likeness (QED) is 0.678. The first-order chi connectivity index (χ1) is 14.3. The number of amides is 1. The summed E-state index contributed by atoms with van der Waals surface area (Å²) < 4.78 is 0. The van der Waals surface area contributed by atoms with Crippen LogP contribution in [0.5, 0.6) is 0 Å². The predicted octanol–water partition coefficient (Wildman–Crippen LogP) is 3.39. The Morgan fingerprint density at radius 1 is 0.897 bits per heavy atom. The van der Waals surface area contributed by atoms with Crippen molar-refractivity contribution in [3.63, 3.8) is 0 Å². The maximum absolute atomic E-state index is 12.6. The molecule has 3 aromatic rings. The molecule has 1 amide bonds. The summed E-state index contributed by atoms with van der Waals surface area (Å²) in [6.07, 6.45) is 3.51. The first kappa shape index (κ1) is 19.4. The van der Waals surface area contributed by atoms with Gasteiger partial charge in [-0.05, 0) is 30.3 Å². The third kappa shape index (κ3) is 5.34. The van der Waals surface area contributed by atoms with Gasteiger partial charge < -0.3 is 10.2 Å². The van der Waals surface area contributed by atoms with Crippen molar-refractivity contribution in [3.05, 3.63) is 73.1 Å². The van der Waals surface area contributed by atoms with E-state index in [9.17, 15) is 4.79 Å². The molecule has 1 N–H and O–H groups in total. The third-order valence-corrected chi connectivity index (χ3v) is 5.79. The molecule has 0 bridgehead atoms. The number of aromatic nitrogens is 2. The summed E-state index contributed by atoms with van der Waals surface area (Å²) in [6, 6.07) is 19.9. The van der Waals surface area contributed by atoms with E-state index in [0.717, 1.165) is 47.6 Å².